The van der Waals surface area contributed by atoms with Gasteiger partial charge in [-0.1, -0.05) is 24.3 Å². The molecule has 5 rings (SSSR count). The summed E-state index contributed by atoms with van der Waals surface area (Å²) in [6.07, 6.45) is 8.98. The van der Waals surface area contributed by atoms with Crippen LogP contribution in [0.5, 0.6) is 0 Å². The molecule has 1 N–H and O–H groups in total. The van der Waals surface area contributed by atoms with Crippen molar-refractivity contribution in [2.75, 3.05) is 18.0 Å². The molecular formula is C24H24N6O. The molecule has 7 nitrogen and oxygen atoms in total. The average Bonchev–Trinajstić information content (AvgIpc) is 3.28. The lowest BCUT2D eigenvalue weighted by molar-refractivity contribution is -0.125. The van der Waals surface area contributed by atoms with Crippen LogP contribution in [-0.2, 0) is 11.3 Å². The van der Waals surface area contributed by atoms with Crippen molar-refractivity contribution in [2.45, 2.75) is 19.4 Å². The molecule has 0 radical (unpaired) electrons. The van der Waals surface area contributed by atoms with Crippen LogP contribution in [0.4, 0.5) is 5.82 Å². The molecule has 0 saturated carbocycles. The lowest BCUT2D eigenvalue weighted by Crippen LogP contribution is -2.43. The van der Waals surface area contributed by atoms with Gasteiger partial charge < -0.3 is 14.8 Å². The average molecular weight is 412 g/mol. The van der Waals surface area contributed by atoms with Crippen molar-refractivity contribution < 1.29 is 4.79 Å². The number of aromatic nitrogens is 4. The zero-order chi connectivity index (χ0) is 21.0. The van der Waals surface area contributed by atoms with Gasteiger partial charge in [-0.2, -0.15) is 0 Å². The first-order chi connectivity index (χ1) is 15.3. The molecule has 0 spiro atoms. The first kappa shape index (κ1) is 19.2. The number of nitrogens with one attached hydrogen (secondary N) is 1. The van der Waals surface area contributed by atoms with Gasteiger partial charge in [-0.05, 0) is 42.0 Å². The van der Waals surface area contributed by atoms with Gasteiger partial charge in [0.1, 0.15) is 18.0 Å². The van der Waals surface area contributed by atoms with Crippen LogP contribution in [0.15, 0.2) is 73.4 Å². The van der Waals surface area contributed by atoms with Crippen molar-refractivity contribution >= 4 is 22.6 Å². The molecule has 156 valence electrons. The van der Waals surface area contributed by atoms with Crippen molar-refractivity contribution in [3.63, 3.8) is 0 Å². The molecule has 0 bridgehead atoms. The maximum absolute atomic E-state index is 12.8. The Morgan fingerprint density at radius 1 is 1.10 bits per heavy atom. The predicted octanol–water partition coefficient (Wildman–Crippen LogP) is 3.35. The first-order valence-corrected chi connectivity index (χ1v) is 10.6. The van der Waals surface area contributed by atoms with Gasteiger partial charge in [0.05, 0.1) is 11.4 Å². The molecule has 3 aromatic heterocycles. The van der Waals surface area contributed by atoms with Crippen molar-refractivity contribution in [3.8, 4) is 5.82 Å². The van der Waals surface area contributed by atoms with Crippen molar-refractivity contribution in [2.24, 2.45) is 5.92 Å². The van der Waals surface area contributed by atoms with Crippen LogP contribution in [0.2, 0.25) is 0 Å². The summed E-state index contributed by atoms with van der Waals surface area (Å²) in [5.74, 6) is 1.71. The fourth-order valence-corrected chi connectivity index (χ4v) is 4.16. The third-order valence-corrected chi connectivity index (χ3v) is 5.79. The Bertz CT molecular complexity index is 1190. The summed E-state index contributed by atoms with van der Waals surface area (Å²) in [7, 11) is 0. The number of rotatable bonds is 5. The van der Waals surface area contributed by atoms with E-state index in [0.29, 0.717) is 13.1 Å². The van der Waals surface area contributed by atoms with Gasteiger partial charge in [0, 0.05) is 44.3 Å². The van der Waals surface area contributed by atoms with E-state index in [1.807, 2.05) is 36.5 Å². The zero-order valence-corrected chi connectivity index (χ0v) is 17.2. The molecule has 1 aromatic carbocycles. The summed E-state index contributed by atoms with van der Waals surface area (Å²) in [6, 6.07) is 16.2. The summed E-state index contributed by atoms with van der Waals surface area (Å²) in [4.78, 5) is 28.0. The molecule has 4 heterocycles. The van der Waals surface area contributed by atoms with Crippen LogP contribution in [-0.4, -0.2) is 38.5 Å². The summed E-state index contributed by atoms with van der Waals surface area (Å²) >= 11 is 0. The van der Waals surface area contributed by atoms with E-state index in [4.69, 9.17) is 0 Å². The molecule has 1 saturated heterocycles. The Kier molecular flexibility index (Phi) is 5.31. The number of hydrogen-bond acceptors (Lipinski definition) is 5. The summed E-state index contributed by atoms with van der Waals surface area (Å²) in [5.41, 5.74) is 2.11. The maximum atomic E-state index is 12.8. The first-order valence-electron chi connectivity index (χ1n) is 10.6. The molecule has 1 aliphatic rings. The molecule has 0 aliphatic carbocycles. The summed E-state index contributed by atoms with van der Waals surface area (Å²) in [5, 5.41) is 4.22. The maximum Gasteiger partial charge on any atom is 0.225 e. The molecule has 1 aliphatic heterocycles. The van der Waals surface area contributed by atoms with Gasteiger partial charge in [0.15, 0.2) is 0 Å². The quantitative estimate of drug-likeness (QED) is 0.544. The standard InChI is InChI=1S/C24H24N6O/c31-24(26-15-18-5-3-10-25-14-18)20-7-4-11-29(16-20)22-13-23(28-17-27-22)30-12-9-19-6-1-2-8-21(19)30/h1-3,5-6,8-10,12-14,17,20H,4,7,11,15-16H2,(H,26,31)/t20-/m0/s1. The Hall–Kier alpha value is -3.74. The number of fused-ring (bicyclic) bond motifs is 1. The Labute approximate surface area is 180 Å². The number of carbonyl (C=O) groups is 1. The SMILES string of the molecule is O=C(NCc1cccnc1)[C@H]1CCCN(c2cc(-n3ccc4ccccc43)ncn2)C1. The molecule has 1 fully saturated rings. The van der Waals surface area contributed by atoms with Crippen LogP contribution < -0.4 is 10.2 Å². The van der Waals surface area contributed by atoms with E-state index in [1.165, 1.54) is 5.39 Å². The second-order valence-electron chi connectivity index (χ2n) is 7.84. The monoisotopic (exact) mass is 412 g/mol. The molecule has 7 heteroatoms. The number of pyridine rings is 1. The molecule has 1 amide bonds. The largest absolute Gasteiger partial charge is 0.356 e. The highest BCUT2D eigenvalue weighted by Crippen LogP contribution is 2.25. The summed E-state index contributed by atoms with van der Waals surface area (Å²) in [6.45, 7) is 2.04. The number of amides is 1. The minimum absolute atomic E-state index is 0.0590. The Morgan fingerprint density at radius 3 is 2.90 bits per heavy atom. The number of piperidine rings is 1. The fraction of sp³-hybridized carbons (Fsp3) is 0.250. The van der Waals surface area contributed by atoms with Gasteiger partial charge in [0.25, 0.3) is 0 Å². The number of para-hydroxylation sites is 1. The number of carbonyl (C=O) groups excluding carboxylic acids is 1. The molecular weight excluding hydrogens is 388 g/mol. The number of nitrogens with zero attached hydrogens (tertiary/aromatic N) is 5. The molecule has 31 heavy (non-hydrogen) atoms. The number of benzene rings is 1. The second-order valence-corrected chi connectivity index (χ2v) is 7.84. The highest BCUT2D eigenvalue weighted by molar-refractivity contribution is 5.82. The zero-order valence-electron chi connectivity index (χ0n) is 17.2. The van der Waals surface area contributed by atoms with Crippen molar-refractivity contribution in [1.29, 1.82) is 0 Å². The minimum atomic E-state index is -0.0590. The lowest BCUT2D eigenvalue weighted by atomic mass is 9.97. The topological polar surface area (TPSA) is 75.9 Å². The molecule has 4 aromatic rings. The minimum Gasteiger partial charge on any atom is -0.356 e. The van der Waals surface area contributed by atoms with Gasteiger partial charge in [-0.15, -0.1) is 0 Å². The highest BCUT2D eigenvalue weighted by Gasteiger charge is 2.26. The van der Waals surface area contributed by atoms with E-state index in [0.717, 1.165) is 42.1 Å². The van der Waals surface area contributed by atoms with Crippen LogP contribution in [0.3, 0.4) is 0 Å². The van der Waals surface area contributed by atoms with E-state index in [2.05, 4.69) is 47.9 Å². The third kappa shape index (κ3) is 4.12. The smallest absolute Gasteiger partial charge is 0.225 e. The van der Waals surface area contributed by atoms with Crippen LogP contribution >= 0.6 is 0 Å². The van der Waals surface area contributed by atoms with E-state index in [-0.39, 0.29) is 11.8 Å². The number of anilines is 1. The normalized spacial score (nSPS) is 16.4. The van der Waals surface area contributed by atoms with Gasteiger partial charge in [0.2, 0.25) is 5.91 Å². The van der Waals surface area contributed by atoms with Crippen molar-refractivity contribution in [3.05, 3.63) is 79.0 Å². The van der Waals surface area contributed by atoms with Crippen LogP contribution in [0, 0.1) is 5.92 Å². The van der Waals surface area contributed by atoms with E-state index >= 15 is 0 Å². The Balaban J connectivity index is 1.30. The van der Waals surface area contributed by atoms with Gasteiger partial charge in [-0.3, -0.25) is 9.78 Å². The fourth-order valence-electron chi connectivity index (χ4n) is 4.16. The van der Waals surface area contributed by atoms with E-state index in [9.17, 15) is 4.79 Å². The third-order valence-electron chi connectivity index (χ3n) is 5.79. The number of hydrogen-bond donors (Lipinski definition) is 1. The van der Waals surface area contributed by atoms with Gasteiger partial charge in [-0.25, -0.2) is 9.97 Å². The lowest BCUT2D eigenvalue weighted by Gasteiger charge is -2.33. The van der Waals surface area contributed by atoms with Gasteiger partial charge >= 0.3 is 0 Å². The van der Waals surface area contributed by atoms with Crippen molar-refractivity contribution in [1.82, 2.24) is 24.8 Å². The molecule has 1 atom stereocenters. The van der Waals surface area contributed by atoms with Crippen LogP contribution in [0.25, 0.3) is 16.7 Å². The van der Waals surface area contributed by atoms with E-state index in [1.54, 1.807) is 18.7 Å². The molecule has 0 unspecified atom stereocenters. The van der Waals surface area contributed by atoms with E-state index < -0.39 is 0 Å². The predicted molar refractivity (Wildman–Crippen MR) is 120 cm³/mol. The summed E-state index contributed by atoms with van der Waals surface area (Å²) < 4.78 is 2.07. The van der Waals surface area contributed by atoms with Crippen LogP contribution in [0.1, 0.15) is 18.4 Å². The second kappa shape index (κ2) is 8.55. The highest BCUT2D eigenvalue weighted by atomic mass is 16.1. The Morgan fingerprint density at radius 2 is 2.00 bits per heavy atom.